The average molecular weight is 322 g/mol. The van der Waals surface area contributed by atoms with E-state index in [9.17, 15) is 5.11 Å². The predicted molar refractivity (Wildman–Crippen MR) is 94.7 cm³/mol. The van der Waals surface area contributed by atoms with Crippen molar-refractivity contribution < 1.29 is 5.11 Å². The summed E-state index contributed by atoms with van der Waals surface area (Å²) < 4.78 is 0. The van der Waals surface area contributed by atoms with Crippen LogP contribution in [0.2, 0.25) is 0 Å². The molecule has 0 saturated carbocycles. The van der Waals surface area contributed by atoms with E-state index in [2.05, 4.69) is 46.0 Å². The van der Waals surface area contributed by atoms with E-state index in [0.29, 0.717) is 0 Å². The van der Waals surface area contributed by atoms with Gasteiger partial charge in [-0.1, -0.05) is 54.6 Å². The van der Waals surface area contributed by atoms with Crippen molar-refractivity contribution in [3.05, 3.63) is 71.1 Å². The van der Waals surface area contributed by atoms with Crippen molar-refractivity contribution in [2.24, 2.45) is 0 Å². The molecule has 1 aliphatic rings. The van der Waals surface area contributed by atoms with Crippen LogP contribution in [-0.4, -0.2) is 16.2 Å². The van der Waals surface area contributed by atoms with Gasteiger partial charge in [-0.3, -0.25) is 0 Å². The van der Waals surface area contributed by atoms with Crippen molar-refractivity contribution in [1.29, 1.82) is 0 Å². The highest BCUT2D eigenvalue weighted by molar-refractivity contribution is 7.14. The number of thiazole rings is 1. The fraction of sp³-hybridized carbons (Fsp3) is 0.211. The van der Waals surface area contributed by atoms with Crippen molar-refractivity contribution in [2.45, 2.75) is 25.0 Å². The molecular formula is C19H18N2OS. The highest BCUT2D eigenvalue weighted by Crippen LogP contribution is 2.34. The van der Waals surface area contributed by atoms with E-state index in [0.717, 1.165) is 29.2 Å². The summed E-state index contributed by atoms with van der Waals surface area (Å²) in [7, 11) is 0. The van der Waals surface area contributed by atoms with Crippen molar-refractivity contribution in [3.8, 4) is 11.3 Å². The molecule has 2 aromatic carbocycles. The monoisotopic (exact) mass is 322 g/mol. The lowest BCUT2D eigenvalue weighted by Crippen LogP contribution is -2.30. The minimum absolute atomic E-state index is 0.0882. The number of anilines is 1. The second kappa shape index (κ2) is 6.14. The maximum Gasteiger partial charge on any atom is 0.183 e. The summed E-state index contributed by atoms with van der Waals surface area (Å²) in [6.45, 7) is 0. The molecule has 4 rings (SSSR count). The Hall–Kier alpha value is -2.17. The van der Waals surface area contributed by atoms with Crippen LogP contribution in [0, 0.1) is 0 Å². The van der Waals surface area contributed by atoms with Crippen molar-refractivity contribution >= 4 is 16.5 Å². The van der Waals surface area contributed by atoms with Crippen LogP contribution in [0.4, 0.5) is 5.13 Å². The Kier molecular flexibility index (Phi) is 3.85. The Morgan fingerprint density at radius 2 is 1.83 bits per heavy atom. The molecule has 0 aliphatic heterocycles. The zero-order chi connectivity index (χ0) is 15.6. The first-order valence-corrected chi connectivity index (χ1v) is 8.72. The topological polar surface area (TPSA) is 45.1 Å². The average Bonchev–Trinajstić information content (AvgIpc) is 3.07. The Morgan fingerprint density at radius 1 is 1.04 bits per heavy atom. The predicted octanol–water partition coefficient (Wildman–Crippen LogP) is 4.27. The minimum atomic E-state index is -0.381. The van der Waals surface area contributed by atoms with E-state index in [-0.39, 0.29) is 12.1 Å². The largest absolute Gasteiger partial charge is 0.391 e. The summed E-state index contributed by atoms with van der Waals surface area (Å²) in [4.78, 5) is 4.68. The van der Waals surface area contributed by atoms with E-state index < -0.39 is 0 Å². The molecule has 2 atom stereocenters. The molecule has 0 amide bonds. The third-order valence-electron chi connectivity index (χ3n) is 4.34. The zero-order valence-corrected chi connectivity index (χ0v) is 13.5. The highest BCUT2D eigenvalue weighted by Gasteiger charge is 2.28. The van der Waals surface area contributed by atoms with Gasteiger partial charge in [0.25, 0.3) is 0 Å². The van der Waals surface area contributed by atoms with E-state index in [1.54, 1.807) is 11.3 Å². The van der Waals surface area contributed by atoms with Gasteiger partial charge in [-0.15, -0.1) is 11.3 Å². The van der Waals surface area contributed by atoms with Gasteiger partial charge in [-0.2, -0.15) is 0 Å². The number of rotatable bonds is 3. The smallest absolute Gasteiger partial charge is 0.183 e. The van der Waals surface area contributed by atoms with Crippen LogP contribution in [0.3, 0.4) is 0 Å². The molecule has 1 heterocycles. The number of aryl methyl sites for hydroxylation is 1. The molecule has 3 nitrogen and oxygen atoms in total. The van der Waals surface area contributed by atoms with Gasteiger partial charge in [-0.25, -0.2) is 4.98 Å². The number of nitrogens with one attached hydrogen (secondary N) is 1. The van der Waals surface area contributed by atoms with Crippen molar-refractivity contribution in [1.82, 2.24) is 4.98 Å². The number of nitrogens with zero attached hydrogens (tertiary/aromatic N) is 1. The summed E-state index contributed by atoms with van der Waals surface area (Å²) >= 11 is 1.58. The third kappa shape index (κ3) is 2.87. The van der Waals surface area contributed by atoms with Gasteiger partial charge in [0.05, 0.1) is 17.8 Å². The van der Waals surface area contributed by atoms with Crippen LogP contribution in [0.5, 0.6) is 0 Å². The SMILES string of the molecule is OC1CCc2ccccc2C1Nc1nc(-c2ccccc2)cs1. The molecule has 0 bridgehead atoms. The molecule has 2 unspecified atom stereocenters. The zero-order valence-electron chi connectivity index (χ0n) is 12.6. The molecule has 0 spiro atoms. The molecule has 116 valence electrons. The minimum Gasteiger partial charge on any atom is -0.391 e. The molecule has 4 heteroatoms. The van der Waals surface area contributed by atoms with Gasteiger partial charge in [0.15, 0.2) is 5.13 Å². The normalized spacial score (nSPS) is 20.0. The Bertz CT molecular complexity index is 800. The summed E-state index contributed by atoms with van der Waals surface area (Å²) in [6.07, 6.45) is 1.34. The van der Waals surface area contributed by atoms with Crippen molar-refractivity contribution in [2.75, 3.05) is 5.32 Å². The van der Waals surface area contributed by atoms with Crippen LogP contribution in [0.1, 0.15) is 23.6 Å². The molecule has 0 saturated heterocycles. The van der Waals surface area contributed by atoms with E-state index in [4.69, 9.17) is 0 Å². The quantitative estimate of drug-likeness (QED) is 0.757. The standard InChI is InChI=1S/C19H18N2OS/c22-17-11-10-13-6-4-5-9-15(13)18(17)21-19-20-16(12-23-19)14-7-2-1-3-8-14/h1-9,12,17-18,22H,10-11H2,(H,20,21). The Labute approximate surface area is 139 Å². The molecule has 2 N–H and O–H groups in total. The lowest BCUT2D eigenvalue weighted by atomic mass is 9.86. The number of aliphatic hydroxyl groups excluding tert-OH is 1. The maximum atomic E-state index is 10.4. The second-order valence-corrected chi connectivity index (χ2v) is 6.69. The number of aliphatic hydroxyl groups is 1. The molecule has 0 fully saturated rings. The van der Waals surface area contributed by atoms with Gasteiger partial charge in [0.1, 0.15) is 0 Å². The van der Waals surface area contributed by atoms with E-state index in [1.165, 1.54) is 11.1 Å². The summed E-state index contributed by atoms with van der Waals surface area (Å²) in [6, 6.07) is 18.4. The first-order chi connectivity index (χ1) is 11.3. The lowest BCUT2D eigenvalue weighted by molar-refractivity contribution is 0.135. The van der Waals surface area contributed by atoms with Crippen LogP contribution in [-0.2, 0) is 6.42 Å². The van der Waals surface area contributed by atoms with Gasteiger partial charge in [0.2, 0.25) is 0 Å². The lowest BCUT2D eigenvalue weighted by Gasteiger charge is -2.30. The summed E-state index contributed by atoms with van der Waals surface area (Å²) in [5, 5.41) is 16.8. The number of benzene rings is 2. The maximum absolute atomic E-state index is 10.4. The molecule has 1 aliphatic carbocycles. The fourth-order valence-electron chi connectivity index (χ4n) is 3.13. The third-order valence-corrected chi connectivity index (χ3v) is 5.11. The number of aromatic nitrogens is 1. The Morgan fingerprint density at radius 3 is 2.70 bits per heavy atom. The van der Waals surface area contributed by atoms with Gasteiger partial charge in [0, 0.05) is 10.9 Å². The Balaban J connectivity index is 1.60. The fourth-order valence-corrected chi connectivity index (χ4v) is 3.89. The molecule has 0 radical (unpaired) electrons. The molecule has 1 aromatic heterocycles. The number of fused-ring (bicyclic) bond motifs is 1. The first-order valence-electron chi connectivity index (χ1n) is 7.84. The van der Waals surface area contributed by atoms with Crippen molar-refractivity contribution in [3.63, 3.8) is 0 Å². The van der Waals surface area contributed by atoms with Crippen LogP contribution in [0.25, 0.3) is 11.3 Å². The van der Waals surface area contributed by atoms with Crippen LogP contribution < -0.4 is 5.32 Å². The number of hydrogen-bond acceptors (Lipinski definition) is 4. The van der Waals surface area contributed by atoms with Gasteiger partial charge in [-0.05, 0) is 24.0 Å². The van der Waals surface area contributed by atoms with E-state index >= 15 is 0 Å². The molecular weight excluding hydrogens is 304 g/mol. The summed E-state index contributed by atoms with van der Waals surface area (Å²) in [5.41, 5.74) is 4.58. The highest BCUT2D eigenvalue weighted by atomic mass is 32.1. The molecule has 23 heavy (non-hydrogen) atoms. The van der Waals surface area contributed by atoms with Crippen LogP contribution in [0.15, 0.2) is 60.0 Å². The second-order valence-electron chi connectivity index (χ2n) is 5.83. The first kappa shape index (κ1) is 14.4. The van der Waals surface area contributed by atoms with Crippen LogP contribution >= 0.6 is 11.3 Å². The van der Waals surface area contributed by atoms with Gasteiger partial charge >= 0.3 is 0 Å². The van der Waals surface area contributed by atoms with Gasteiger partial charge < -0.3 is 10.4 Å². The summed E-state index contributed by atoms with van der Waals surface area (Å²) in [5.74, 6) is 0. The number of hydrogen-bond donors (Lipinski definition) is 2. The molecule has 3 aromatic rings. The van der Waals surface area contributed by atoms with E-state index in [1.807, 2.05) is 24.3 Å².